The van der Waals surface area contributed by atoms with E-state index < -0.39 is 22.5 Å². The molecule has 0 saturated carbocycles. The summed E-state index contributed by atoms with van der Waals surface area (Å²) in [6.07, 6.45) is 0. The number of alkyl halides is 3. The van der Waals surface area contributed by atoms with Gasteiger partial charge >= 0.3 is 5.38 Å². The number of rotatable bonds is 2. The summed E-state index contributed by atoms with van der Waals surface area (Å²) in [6.45, 7) is 1.31. The molecule has 0 atom stereocenters. The van der Waals surface area contributed by atoms with Crippen molar-refractivity contribution in [2.45, 2.75) is 12.3 Å². The van der Waals surface area contributed by atoms with Gasteiger partial charge in [0.1, 0.15) is 5.82 Å². The van der Waals surface area contributed by atoms with Gasteiger partial charge in [0.05, 0.1) is 5.56 Å². The molecule has 1 rings (SSSR count). The molecule has 0 amide bonds. The summed E-state index contributed by atoms with van der Waals surface area (Å²) in [5, 5.41) is -4.13. The van der Waals surface area contributed by atoms with E-state index in [-0.39, 0.29) is 10.6 Å². The number of halogens is 5. The highest BCUT2D eigenvalue weighted by molar-refractivity contribution is 6.36. The molecule has 0 saturated heterocycles. The van der Waals surface area contributed by atoms with Gasteiger partial charge in [-0.1, -0.05) is 11.6 Å². The highest BCUT2D eigenvalue weighted by Gasteiger charge is 2.38. The molecule has 0 fully saturated rings. The molecular weight excluding hydrogens is 252 g/mol. The van der Waals surface area contributed by atoms with E-state index in [9.17, 15) is 18.0 Å². The van der Waals surface area contributed by atoms with Crippen LogP contribution in [0.25, 0.3) is 0 Å². The zero-order valence-electron chi connectivity index (χ0n) is 7.45. The van der Waals surface area contributed by atoms with Crippen LogP contribution in [0.5, 0.6) is 0 Å². The molecule has 0 aliphatic carbocycles. The summed E-state index contributed by atoms with van der Waals surface area (Å²) in [7, 11) is 0. The van der Waals surface area contributed by atoms with Gasteiger partial charge in [-0.25, -0.2) is 4.39 Å². The highest BCUT2D eigenvalue weighted by atomic mass is 35.5. The minimum atomic E-state index is -4.13. The molecule has 1 aromatic carbocycles. The van der Waals surface area contributed by atoms with Crippen LogP contribution in [-0.2, 0) is 0 Å². The zero-order valence-corrected chi connectivity index (χ0v) is 8.96. The van der Waals surface area contributed by atoms with Crippen molar-refractivity contribution < 1.29 is 18.0 Å². The van der Waals surface area contributed by atoms with Crippen LogP contribution in [0.2, 0.25) is 5.02 Å². The van der Waals surface area contributed by atoms with E-state index in [1.165, 1.54) is 13.0 Å². The second-order valence-electron chi connectivity index (χ2n) is 2.91. The number of aryl methyl sites for hydroxylation is 1. The predicted octanol–water partition coefficient (Wildman–Crippen LogP) is 3.80. The number of hydrogen-bond donors (Lipinski definition) is 0. The Hall–Kier alpha value is -0.740. The standard InChI is InChI=1S/C9H5Cl2F3O/c1-4-2-5(10)3-6(7(4)12)8(15)9(11,13)14/h2-3H,1H3. The monoisotopic (exact) mass is 256 g/mol. The molecule has 0 unspecified atom stereocenters. The zero-order chi connectivity index (χ0) is 11.8. The number of Topliss-reactive ketones (excluding diaryl/α,β-unsaturated/α-hetero) is 1. The van der Waals surface area contributed by atoms with Crippen LogP contribution in [0.1, 0.15) is 15.9 Å². The Kier molecular flexibility index (Phi) is 3.31. The Labute approximate surface area is 93.8 Å². The van der Waals surface area contributed by atoms with Crippen LogP contribution in [0.4, 0.5) is 13.2 Å². The Morgan fingerprint density at radius 1 is 1.40 bits per heavy atom. The number of benzene rings is 1. The summed E-state index contributed by atoms with van der Waals surface area (Å²) in [6, 6.07) is 2.04. The Balaban J connectivity index is 3.32. The summed E-state index contributed by atoms with van der Waals surface area (Å²) in [5.41, 5.74) is -0.799. The summed E-state index contributed by atoms with van der Waals surface area (Å²) in [5.74, 6) is -2.84. The lowest BCUT2D eigenvalue weighted by molar-refractivity contribution is 0.0531. The summed E-state index contributed by atoms with van der Waals surface area (Å²) >= 11 is 10.0. The molecule has 0 spiro atoms. The van der Waals surface area contributed by atoms with Crippen LogP contribution in [-0.4, -0.2) is 11.2 Å². The van der Waals surface area contributed by atoms with E-state index in [2.05, 4.69) is 11.6 Å². The van der Waals surface area contributed by atoms with Crippen molar-refractivity contribution in [2.24, 2.45) is 0 Å². The molecule has 15 heavy (non-hydrogen) atoms. The second kappa shape index (κ2) is 4.02. The van der Waals surface area contributed by atoms with E-state index in [1.54, 1.807) is 0 Å². The third-order valence-electron chi connectivity index (χ3n) is 1.72. The first-order chi connectivity index (χ1) is 6.73. The molecule has 1 aromatic rings. The molecule has 0 heterocycles. The van der Waals surface area contributed by atoms with Crippen molar-refractivity contribution in [1.82, 2.24) is 0 Å². The lowest BCUT2D eigenvalue weighted by Gasteiger charge is -2.09. The van der Waals surface area contributed by atoms with Crippen LogP contribution < -0.4 is 0 Å². The molecular formula is C9H5Cl2F3O. The first kappa shape index (κ1) is 12.3. The minimum absolute atomic E-state index is 0.00170. The van der Waals surface area contributed by atoms with Gasteiger partial charge in [-0.05, 0) is 36.2 Å². The van der Waals surface area contributed by atoms with Crippen LogP contribution >= 0.6 is 23.2 Å². The van der Waals surface area contributed by atoms with Gasteiger partial charge in [0.2, 0.25) is 0 Å². The van der Waals surface area contributed by atoms with E-state index in [1.807, 2.05) is 0 Å². The summed E-state index contributed by atoms with van der Waals surface area (Å²) in [4.78, 5) is 11.0. The first-order valence-electron chi connectivity index (χ1n) is 3.80. The number of carbonyl (C=O) groups is 1. The van der Waals surface area contributed by atoms with Crippen LogP contribution in [0, 0.1) is 12.7 Å². The lowest BCUT2D eigenvalue weighted by atomic mass is 10.1. The molecule has 0 N–H and O–H groups in total. The molecule has 1 nitrogen and oxygen atoms in total. The fourth-order valence-corrected chi connectivity index (χ4v) is 1.42. The number of hydrogen-bond acceptors (Lipinski definition) is 1. The quantitative estimate of drug-likeness (QED) is 0.581. The van der Waals surface area contributed by atoms with Gasteiger partial charge < -0.3 is 0 Å². The third-order valence-corrected chi connectivity index (χ3v) is 2.11. The van der Waals surface area contributed by atoms with Crippen molar-refractivity contribution in [1.29, 1.82) is 0 Å². The lowest BCUT2D eigenvalue weighted by Crippen LogP contribution is -2.23. The van der Waals surface area contributed by atoms with Crippen molar-refractivity contribution >= 4 is 29.0 Å². The van der Waals surface area contributed by atoms with Gasteiger partial charge in [-0.15, -0.1) is 0 Å². The molecule has 0 bridgehead atoms. The number of carbonyl (C=O) groups excluding carboxylic acids is 1. The average molecular weight is 257 g/mol. The SMILES string of the molecule is Cc1cc(Cl)cc(C(=O)C(F)(F)Cl)c1F. The maximum absolute atomic E-state index is 13.3. The molecule has 0 aromatic heterocycles. The topological polar surface area (TPSA) is 17.1 Å². The number of ketones is 1. The molecule has 0 aliphatic rings. The van der Waals surface area contributed by atoms with Gasteiger partial charge in [-0.2, -0.15) is 8.78 Å². The van der Waals surface area contributed by atoms with E-state index in [0.717, 1.165) is 6.07 Å². The van der Waals surface area contributed by atoms with Crippen LogP contribution in [0.3, 0.4) is 0 Å². The van der Waals surface area contributed by atoms with Gasteiger partial charge in [0.25, 0.3) is 5.78 Å². The molecule has 0 radical (unpaired) electrons. The molecule has 82 valence electrons. The Morgan fingerprint density at radius 3 is 2.40 bits per heavy atom. The molecule has 0 aliphatic heterocycles. The fourth-order valence-electron chi connectivity index (χ4n) is 1.04. The Bertz CT molecular complexity index is 413. The average Bonchev–Trinajstić information content (AvgIpc) is 2.08. The normalized spacial score (nSPS) is 11.6. The largest absolute Gasteiger partial charge is 0.385 e. The fraction of sp³-hybridized carbons (Fsp3) is 0.222. The van der Waals surface area contributed by atoms with Gasteiger partial charge in [0.15, 0.2) is 0 Å². The van der Waals surface area contributed by atoms with Crippen molar-refractivity contribution in [3.63, 3.8) is 0 Å². The third kappa shape index (κ3) is 2.63. The van der Waals surface area contributed by atoms with E-state index >= 15 is 0 Å². The van der Waals surface area contributed by atoms with E-state index in [0.29, 0.717) is 0 Å². The van der Waals surface area contributed by atoms with Gasteiger partial charge in [-0.3, -0.25) is 4.79 Å². The van der Waals surface area contributed by atoms with E-state index in [4.69, 9.17) is 11.6 Å². The van der Waals surface area contributed by atoms with Crippen LogP contribution in [0.15, 0.2) is 12.1 Å². The predicted molar refractivity (Wildman–Crippen MR) is 51.3 cm³/mol. The molecule has 6 heteroatoms. The van der Waals surface area contributed by atoms with Crippen molar-refractivity contribution in [3.8, 4) is 0 Å². The minimum Gasteiger partial charge on any atom is -0.286 e. The maximum Gasteiger partial charge on any atom is 0.385 e. The van der Waals surface area contributed by atoms with Crippen molar-refractivity contribution in [3.05, 3.63) is 34.1 Å². The first-order valence-corrected chi connectivity index (χ1v) is 4.56. The van der Waals surface area contributed by atoms with Crippen molar-refractivity contribution in [2.75, 3.05) is 0 Å². The second-order valence-corrected chi connectivity index (χ2v) is 3.82. The van der Waals surface area contributed by atoms with Gasteiger partial charge in [0, 0.05) is 5.02 Å². The Morgan fingerprint density at radius 2 is 1.93 bits per heavy atom. The smallest absolute Gasteiger partial charge is 0.286 e. The summed E-state index contributed by atoms with van der Waals surface area (Å²) < 4.78 is 38.2. The maximum atomic E-state index is 13.3. The highest BCUT2D eigenvalue weighted by Crippen LogP contribution is 2.28.